The first-order valence-corrected chi connectivity index (χ1v) is 8.76. The first kappa shape index (κ1) is 17.7. The second-order valence-corrected chi connectivity index (χ2v) is 5.84. The number of pyridine rings is 1. The second kappa shape index (κ2) is 8.80. The summed E-state index contributed by atoms with van der Waals surface area (Å²) >= 11 is 0. The summed E-state index contributed by atoms with van der Waals surface area (Å²) in [6.45, 7) is 2.55. The van der Waals surface area contributed by atoms with Crippen LogP contribution in [0.4, 0.5) is 4.79 Å². The van der Waals surface area contributed by atoms with Crippen molar-refractivity contribution < 1.29 is 9.53 Å². The topological polar surface area (TPSA) is 69.0 Å². The van der Waals surface area contributed by atoms with Crippen molar-refractivity contribution in [2.24, 2.45) is 0 Å². The maximum absolute atomic E-state index is 12.1. The molecule has 3 rings (SSSR count). The zero-order chi connectivity index (χ0) is 18.2. The van der Waals surface area contributed by atoms with Gasteiger partial charge in [0.25, 0.3) is 0 Å². The van der Waals surface area contributed by atoms with Gasteiger partial charge in [-0.3, -0.25) is 4.98 Å². The predicted molar refractivity (Wildman–Crippen MR) is 99.5 cm³/mol. The van der Waals surface area contributed by atoms with Crippen LogP contribution in [0, 0.1) is 0 Å². The van der Waals surface area contributed by atoms with Crippen LogP contribution in [0.5, 0.6) is 5.75 Å². The first-order chi connectivity index (χ1) is 12.8. The molecule has 0 aliphatic heterocycles. The van der Waals surface area contributed by atoms with Crippen molar-refractivity contribution in [3.8, 4) is 11.4 Å². The predicted octanol–water partition coefficient (Wildman–Crippen LogP) is 3.55. The summed E-state index contributed by atoms with van der Waals surface area (Å²) in [6.07, 6.45) is 5.20. The first-order valence-electron chi connectivity index (χ1n) is 8.76. The molecule has 0 aliphatic carbocycles. The Balaban J connectivity index is 1.63. The zero-order valence-corrected chi connectivity index (χ0v) is 14.8. The molecule has 0 bridgehead atoms. The van der Waals surface area contributed by atoms with Crippen molar-refractivity contribution in [3.05, 3.63) is 72.3 Å². The molecule has 0 saturated carbocycles. The molecule has 0 aliphatic rings. The lowest BCUT2D eigenvalue weighted by Gasteiger charge is -2.09. The number of nitrogens with zero attached hydrogens (tertiary/aromatic N) is 3. The highest BCUT2D eigenvalue weighted by molar-refractivity contribution is 5.70. The fourth-order valence-corrected chi connectivity index (χ4v) is 2.68. The van der Waals surface area contributed by atoms with Crippen molar-refractivity contribution in [2.75, 3.05) is 6.54 Å². The van der Waals surface area contributed by atoms with Crippen molar-refractivity contribution >= 4 is 6.09 Å². The Morgan fingerprint density at radius 2 is 1.92 bits per heavy atom. The van der Waals surface area contributed by atoms with E-state index in [1.54, 1.807) is 12.4 Å². The van der Waals surface area contributed by atoms with Crippen molar-refractivity contribution in [1.29, 1.82) is 0 Å². The third-order valence-electron chi connectivity index (χ3n) is 3.90. The van der Waals surface area contributed by atoms with Gasteiger partial charge in [0.2, 0.25) is 0 Å². The third-order valence-corrected chi connectivity index (χ3v) is 3.90. The van der Waals surface area contributed by atoms with E-state index in [-0.39, 0.29) is 0 Å². The molecule has 0 unspecified atom stereocenters. The molecule has 6 heteroatoms. The molecule has 0 atom stereocenters. The molecule has 3 aromatic rings. The molecule has 2 aromatic heterocycles. The molecule has 0 radical (unpaired) electrons. The number of rotatable bonds is 7. The maximum atomic E-state index is 12.1. The Kier molecular flexibility index (Phi) is 5.98. The van der Waals surface area contributed by atoms with Crippen LogP contribution in [0.25, 0.3) is 5.69 Å². The fourth-order valence-electron chi connectivity index (χ4n) is 2.68. The summed E-state index contributed by atoms with van der Waals surface area (Å²) in [5.74, 6) is 0.492. The van der Waals surface area contributed by atoms with Crippen LogP contribution in [-0.2, 0) is 12.8 Å². The minimum Gasteiger partial charge on any atom is -0.407 e. The molecule has 134 valence electrons. The van der Waals surface area contributed by atoms with Crippen LogP contribution < -0.4 is 10.1 Å². The van der Waals surface area contributed by atoms with E-state index in [4.69, 9.17) is 4.74 Å². The van der Waals surface area contributed by atoms with Crippen molar-refractivity contribution in [3.63, 3.8) is 0 Å². The summed E-state index contributed by atoms with van der Waals surface area (Å²) < 4.78 is 7.30. The van der Waals surface area contributed by atoms with Crippen LogP contribution >= 0.6 is 0 Å². The van der Waals surface area contributed by atoms with Crippen molar-refractivity contribution in [2.45, 2.75) is 26.2 Å². The number of carbonyl (C=O) groups is 1. The molecule has 26 heavy (non-hydrogen) atoms. The molecular formula is C20H22N4O2. The van der Waals surface area contributed by atoms with Gasteiger partial charge in [0.05, 0.1) is 17.6 Å². The van der Waals surface area contributed by atoms with Crippen LogP contribution in [-0.4, -0.2) is 27.4 Å². The van der Waals surface area contributed by atoms with Crippen LogP contribution in [0.2, 0.25) is 0 Å². The highest BCUT2D eigenvalue weighted by Crippen LogP contribution is 2.23. The quantitative estimate of drug-likeness (QED) is 0.707. The van der Waals surface area contributed by atoms with E-state index in [1.807, 2.05) is 53.2 Å². The number of benzene rings is 1. The average Bonchev–Trinajstić information content (AvgIpc) is 3.06. The molecule has 1 amide bonds. The summed E-state index contributed by atoms with van der Waals surface area (Å²) in [5, 5.41) is 7.15. The van der Waals surface area contributed by atoms with E-state index in [1.165, 1.54) is 0 Å². The fraction of sp³-hybridized carbons (Fsp3) is 0.250. The Labute approximate surface area is 152 Å². The van der Waals surface area contributed by atoms with Gasteiger partial charge >= 0.3 is 6.09 Å². The van der Waals surface area contributed by atoms with E-state index < -0.39 is 6.09 Å². The number of hydrogen-bond donors (Lipinski definition) is 1. The number of hydrogen-bond acceptors (Lipinski definition) is 4. The van der Waals surface area contributed by atoms with Crippen LogP contribution in [0.3, 0.4) is 0 Å². The lowest BCUT2D eigenvalue weighted by atomic mass is 10.2. The monoisotopic (exact) mass is 350 g/mol. The summed E-state index contributed by atoms with van der Waals surface area (Å²) in [4.78, 5) is 16.3. The van der Waals surface area contributed by atoms with Gasteiger partial charge in [-0.2, -0.15) is 5.10 Å². The Bertz CT molecular complexity index is 832. The lowest BCUT2D eigenvalue weighted by molar-refractivity contribution is 0.200. The molecule has 0 fully saturated rings. The number of amides is 1. The largest absolute Gasteiger partial charge is 0.412 e. The highest BCUT2D eigenvalue weighted by atomic mass is 16.6. The maximum Gasteiger partial charge on any atom is 0.412 e. The van der Waals surface area contributed by atoms with E-state index in [0.29, 0.717) is 18.7 Å². The van der Waals surface area contributed by atoms with Gasteiger partial charge < -0.3 is 10.1 Å². The van der Waals surface area contributed by atoms with Crippen molar-refractivity contribution in [1.82, 2.24) is 20.1 Å². The average molecular weight is 350 g/mol. The van der Waals surface area contributed by atoms with E-state index >= 15 is 0 Å². The number of ether oxygens (including phenoxy) is 1. The molecular weight excluding hydrogens is 328 g/mol. The third kappa shape index (κ3) is 4.47. The lowest BCUT2D eigenvalue weighted by Crippen LogP contribution is -2.29. The van der Waals surface area contributed by atoms with E-state index in [2.05, 4.69) is 22.3 Å². The highest BCUT2D eigenvalue weighted by Gasteiger charge is 2.15. The van der Waals surface area contributed by atoms with Gasteiger partial charge in [0.15, 0.2) is 5.75 Å². The second-order valence-electron chi connectivity index (χ2n) is 5.84. The zero-order valence-electron chi connectivity index (χ0n) is 14.8. The summed E-state index contributed by atoms with van der Waals surface area (Å²) in [6, 6.07) is 15.5. The minimum absolute atomic E-state index is 0.464. The van der Waals surface area contributed by atoms with Crippen LogP contribution in [0.1, 0.15) is 24.7 Å². The normalized spacial score (nSPS) is 10.5. The summed E-state index contributed by atoms with van der Waals surface area (Å²) in [7, 11) is 0. The molecule has 0 spiro atoms. The van der Waals surface area contributed by atoms with Gasteiger partial charge in [-0.1, -0.05) is 37.6 Å². The van der Waals surface area contributed by atoms with Gasteiger partial charge in [-0.05, 0) is 30.7 Å². The molecule has 1 aromatic carbocycles. The molecule has 2 heterocycles. The van der Waals surface area contributed by atoms with Gasteiger partial charge in [-0.15, -0.1) is 0 Å². The Morgan fingerprint density at radius 3 is 2.65 bits per heavy atom. The smallest absolute Gasteiger partial charge is 0.407 e. The molecule has 1 N–H and O–H groups in total. The summed E-state index contributed by atoms with van der Waals surface area (Å²) in [5.41, 5.74) is 2.76. The Morgan fingerprint density at radius 1 is 1.12 bits per heavy atom. The number of nitrogens with one attached hydrogen (secondary N) is 1. The number of carbonyl (C=O) groups excluding carboxylic acids is 1. The minimum atomic E-state index is -0.481. The molecule has 0 saturated heterocycles. The SMILES string of the molecule is CCCc1c(OC(=O)NCCc2ccccn2)cnn1-c1ccccc1. The van der Waals surface area contributed by atoms with Crippen LogP contribution in [0.15, 0.2) is 60.9 Å². The van der Waals surface area contributed by atoms with Gasteiger partial charge in [0.1, 0.15) is 0 Å². The van der Waals surface area contributed by atoms with Gasteiger partial charge in [0, 0.05) is 24.9 Å². The Hall–Kier alpha value is -3.15. The van der Waals surface area contributed by atoms with E-state index in [0.717, 1.165) is 29.9 Å². The van der Waals surface area contributed by atoms with Gasteiger partial charge in [-0.25, -0.2) is 9.48 Å². The number of para-hydroxylation sites is 1. The molecule has 6 nitrogen and oxygen atoms in total. The number of aromatic nitrogens is 3. The standard InChI is InChI=1S/C20H22N4O2/c1-2-8-18-19(15-23-24(18)17-10-4-3-5-11-17)26-20(25)22-14-12-16-9-6-7-13-21-16/h3-7,9-11,13,15H,2,8,12,14H2,1H3,(H,22,25). The van der Waals surface area contributed by atoms with E-state index in [9.17, 15) is 4.79 Å².